The molecule has 7 rings (SSSR count). The van der Waals surface area contributed by atoms with Crippen molar-refractivity contribution in [3.8, 4) is 0 Å². The summed E-state index contributed by atoms with van der Waals surface area (Å²) in [6.07, 6.45) is 80.0. The Morgan fingerprint density at radius 3 is 0.570 bits per heavy atom. The molecule has 7 aromatic rings. The third-order valence-corrected chi connectivity index (χ3v) is 25.1. The maximum Gasteiger partial charge on any atom is 0.0827 e. The molecule has 0 aliphatic heterocycles. The van der Waals surface area contributed by atoms with E-state index in [1.54, 1.807) is 0 Å². The first-order valence-electron chi connectivity index (χ1n) is 56.8. The highest BCUT2D eigenvalue weighted by atomic mass is 15.5. The van der Waals surface area contributed by atoms with Crippen LogP contribution in [0, 0.1) is 82.9 Å². The SMILES string of the molecule is CC(C)CCCCCCCCCn1nncc1CCC(C)C.CC(C)CCCCCCCn1nncc1CCC(C)C.CC(C)CCCCCCc1cn(CCC(C)C)nn1.CC(C)CCCCCCc1cn(CCC(C)C)nn1.CC(C)CCCCCCn1nncc1CCC(C)C.CC(C)CCCCCCn1nncc1CCC(C)C.CC(C)CCCCCc1cn(CC(C)C)nn1. The van der Waals surface area contributed by atoms with Gasteiger partial charge in [-0.2, -0.15) is 0 Å². The molecule has 21 nitrogen and oxygen atoms in total. The maximum atomic E-state index is 4.25. The molecule has 0 N–H and O–H groups in total. The van der Waals surface area contributed by atoms with Crippen LogP contribution in [0.2, 0.25) is 0 Å². The van der Waals surface area contributed by atoms with Crippen LogP contribution in [0.15, 0.2) is 43.4 Å². The molecule has 0 aliphatic rings. The van der Waals surface area contributed by atoms with Gasteiger partial charge in [-0.25, -0.2) is 18.7 Å². The lowest BCUT2D eigenvalue weighted by atomic mass is 10.0. The van der Waals surface area contributed by atoms with Crippen LogP contribution in [-0.2, 0) is 90.8 Å². The molecule has 0 aromatic carbocycles. The first-order chi connectivity index (χ1) is 64.6. The molecule has 135 heavy (non-hydrogen) atoms. The van der Waals surface area contributed by atoms with E-state index >= 15 is 0 Å². The standard InChI is InChI=1S/C19H37N3.C17H33N3.4C16H31N3.C14H27N3/c1-17(2)12-10-8-6-5-7-9-11-15-22-19(16-20-21-22)14-13-18(3)4;1-15(2)10-8-6-5-7-9-13-20-17(14-18-19-20)12-11-16(3)4;2*1-14(2)9-7-5-6-8-12-19-16(13-17-18-19)11-10-15(3)4;2*1-14(2)9-7-5-6-8-10-16-13-19(18-17-16)12-11-15(3)4;1-12(2)8-6-5-7-9-14-11-17(16-15-14)10-13(3)4/h16-18H,5-15H2,1-4H3;14-16H,5-13H2,1-4H3;4*13-15H,5-12H2,1-4H3;11-13H,5-10H2,1-4H3. The zero-order valence-corrected chi connectivity index (χ0v) is 94.0. The Kier molecular flexibility index (Phi) is 78.8. The molecule has 0 saturated heterocycles. The molecule has 0 atom stereocenters. The Morgan fingerprint density at radius 1 is 0.170 bits per heavy atom. The normalized spacial score (nSPS) is 11.7. The molecule has 21 heteroatoms. The molecule has 0 radical (unpaired) electrons. The summed E-state index contributed by atoms with van der Waals surface area (Å²) in [7, 11) is 0. The van der Waals surface area contributed by atoms with Gasteiger partial charge in [0.05, 0.1) is 64.6 Å². The van der Waals surface area contributed by atoms with Crippen LogP contribution in [0.3, 0.4) is 0 Å². The largest absolute Gasteiger partial charge is 0.252 e. The Labute approximate surface area is 833 Å². The second-order valence-electron chi connectivity index (χ2n) is 46.1. The van der Waals surface area contributed by atoms with E-state index in [9.17, 15) is 0 Å². The first-order valence-corrected chi connectivity index (χ1v) is 56.8. The summed E-state index contributed by atoms with van der Waals surface area (Å²) < 4.78 is 14.4. The van der Waals surface area contributed by atoms with Crippen molar-refractivity contribution in [3.63, 3.8) is 0 Å². The van der Waals surface area contributed by atoms with Gasteiger partial charge in [-0.1, -0.05) is 429 Å². The van der Waals surface area contributed by atoms with Crippen molar-refractivity contribution in [2.75, 3.05) is 0 Å². The lowest BCUT2D eigenvalue weighted by Gasteiger charge is -2.08. The van der Waals surface area contributed by atoms with Crippen molar-refractivity contribution in [2.45, 2.75) is 567 Å². The van der Waals surface area contributed by atoms with Gasteiger partial charge in [0.25, 0.3) is 0 Å². The number of hydrogen-bond acceptors (Lipinski definition) is 14. The fraction of sp³-hybridized carbons (Fsp3) is 0.877. The number of unbranched alkanes of at least 4 members (excludes halogenated alkanes) is 24. The zero-order chi connectivity index (χ0) is 100. The van der Waals surface area contributed by atoms with Crippen LogP contribution >= 0.6 is 0 Å². The molecule has 0 fully saturated rings. The van der Waals surface area contributed by atoms with Gasteiger partial charge in [0, 0.05) is 64.4 Å². The fourth-order valence-electron chi connectivity index (χ4n) is 16.0. The van der Waals surface area contributed by atoms with Crippen molar-refractivity contribution in [2.24, 2.45) is 82.9 Å². The highest BCUT2D eigenvalue weighted by molar-refractivity contribution is 4.98. The van der Waals surface area contributed by atoms with Gasteiger partial charge < -0.3 is 0 Å². The lowest BCUT2D eigenvalue weighted by Crippen LogP contribution is -2.06. The van der Waals surface area contributed by atoms with Gasteiger partial charge in [0.1, 0.15) is 0 Å². The Balaban J connectivity index is 0.000000788. The number of nitrogens with zero attached hydrogens (tertiary/aromatic N) is 21. The summed E-state index contributed by atoms with van der Waals surface area (Å²) in [5.74, 6) is 11.0. The summed E-state index contributed by atoms with van der Waals surface area (Å²) in [6.45, 7) is 70.9. The predicted octanol–water partition coefficient (Wildman–Crippen LogP) is 32.1. The van der Waals surface area contributed by atoms with Gasteiger partial charge >= 0.3 is 0 Å². The number of rotatable bonds is 72. The van der Waals surface area contributed by atoms with E-state index in [1.807, 2.05) is 38.8 Å². The van der Waals surface area contributed by atoms with E-state index in [2.05, 4.69) is 303 Å². The average molecular weight is 1890 g/mol. The Hall–Kier alpha value is -6.02. The van der Waals surface area contributed by atoms with Gasteiger partial charge in [0.15, 0.2) is 0 Å². The number of aryl methyl sites for hydroxylation is 13. The fourth-order valence-corrected chi connectivity index (χ4v) is 16.0. The molecular formula is C114H221N21. The van der Waals surface area contributed by atoms with Crippen LogP contribution in [0.4, 0.5) is 0 Å². The summed E-state index contributed by atoms with van der Waals surface area (Å²) >= 11 is 0. The van der Waals surface area contributed by atoms with E-state index in [4.69, 9.17) is 0 Å². The van der Waals surface area contributed by atoms with E-state index in [-0.39, 0.29) is 0 Å². The quantitative estimate of drug-likeness (QED) is 0.0324. The van der Waals surface area contributed by atoms with E-state index in [0.717, 1.165) is 185 Å². The second kappa shape index (κ2) is 83.7. The van der Waals surface area contributed by atoms with Gasteiger partial charge in [-0.15, -0.1) is 35.7 Å². The molecule has 0 saturated carbocycles. The molecule has 782 valence electrons. The van der Waals surface area contributed by atoms with Crippen molar-refractivity contribution < 1.29 is 0 Å². The second-order valence-corrected chi connectivity index (χ2v) is 46.1. The molecule has 7 aromatic heterocycles. The zero-order valence-electron chi connectivity index (χ0n) is 94.0. The highest BCUT2D eigenvalue weighted by Crippen LogP contribution is 2.22. The summed E-state index contributed by atoms with van der Waals surface area (Å²) in [5.41, 5.74) is 8.68. The molecular weight excluding hydrogens is 1660 g/mol. The van der Waals surface area contributed by atoms with Crippen molar-refractivity contribution in [3.05, 3.63) is 83.2 Å². The van der Waals surface area contributed by atoms with Crippen LogP contribution in [-0.4, -0.2) is 105 Å². The first kappa shape index (κ1) is 127. The van der Waals surface area contributed by atoms with E-state index < -0.39 is 0 Å². The highest BCUT2D eigenvalue weighted by Gasteiger charge is 2.14. The Morgan fingerprint density at radius 2 is 0.356 bits per heavy atom. The lowest BCUT2D eigenvalue weighted by molar-refractivity contribution is 0.472. The van der Waals surface area contributed by atoms with E-state index in [1.165, 1.54) is 305 Å². The maximum absolute atomic E-state index is 4.25. The van der Waals surface area contributed by atoms with Crippen molar-refractivity contribution in [1.29, 1.82) is 0 Å². The minimum absolute atomic E-state index is 0.635. The summed E-state index contributed by atoms with van der Waals surface area (Å²) in [4.78, 5) is 0. The smallest absolute Gasteiger partial charge is 0.0827 e. The molecule has 0 aliphatic carbocycles. The van der Waals surface area contributed by atoms with E-state index in [0.29, 0.717) is 5.92 Å². The molecule has 7 heterocycles. The predicted molar refractivity (Wildman–Crippen MR) is 577 cm³/mol. The molecule has 0 spiro atoms. The van der Waals surface area contributed by atoms with Crippen LogP contribution < -0.4 is 0 Å². The third kappa shape index (κ3) is 78.4. The topological polar surface area (TPSA) is 215 Å². The molecule has 0 unspecified atom stereocenters. The minimum atomic E-state index is 0.635. The third-order valence-electron chi connectivity index (χ3n) is 25.1. The van der Waals surface area contributed by atoms with Gasteiger partial charge in [-0.3, -0.25) is 14.0 Å². The molecule has 0 bridgehead atoms. The van der Waals surface area contributed by atoms with Crippen LogP contribution in [0.25, 0.3) is 0 Å². The summed E-state index contributed by atoms with van der Waals surface area (Å²) in [5, 5.41) is 58.4. The van der Waals surface area contributed by atoms with Gasteiger partial charge in [0.2, 0.25) is 0 Å². The Bertz CT molecular complexity index is 3510. The van der Waals surface area contributed by atoms with Gasteiger partial charge in [-0.05, 0) is 211 Å². The van der Waals surface area contributed by atoms with Crippen molar-refractivity contribution in [1.82, 2.24) is 105 Å². The minimum Gasteiger partial charge on any atom is -0.252 e. The van der Waals surface area contributed by atoms with Crippen molar-refractivity contribution >= 4 is 0 Å². The average Bonchev–Trinajstić information content (AvgIpc) is 1.78. The molecule has 0 amide bonds. The number of aromatic nitrogens is 21. The number of hydrogen-bond donors (Lipinski definition) is 0. The van der Waals surface area contributed by atoms with Crippen LogP contribution in [0.5, 0.6) is 0 Å². The van der Waals surface area contributed by atoms with Crippen LogP contribution in [0.1, 0.15) is 516 Å². The monoisotopic (exact) mass is 1880 g/mol. The summed E-state index contributed by atoms with van der Waals surface area (Å²) in [6, 6.07) is 0.